The number of carbonyl (C=O) groups excluding carboxylic acids is 1. The Bertz CT molecular complexity index is 712. The van der Waals surface area contributed by atoms with E-state index in [-0.39, 0.29) is 11.3 Å². The summed E-state index contributed by atoms with van der Waals surface area (Å²) in [6.07, 6.45) is 6.02. The molecule has 0 N–H and O–H groups in total. The standard InChI is InChI=1S/C19H19NO/c1-3-12-8-9-16-17(21)13-6-4-5-7-14(13)18-19(16,2)15(12)10-11-20-18/h3-8,15-16H,1,9-11H2,2H3/t15-,16-,19-/m1/s1. The Labute approximate surface area is 125 Å². The zero-order valence-electron chi connectivity index (χ0n) is 12.3. The molecule has 2 nitrogen and oxygen atoms in total. The monoisotopic (exact) mass is 277 g/mol. The van der Waals surface area contributed by atoms with Crippen LogP contribution in [0.1, 0.15) is 35.7 Å². The van der Waals surface area contributed by atoms with Crippen molar-refractivity contribution in [2.45, 2.75) is 19.8 Å². The molecule has 1 heterocycles. The fraction of sp³-hybridized carbons (Fsp3) is 0.368. The smallest absolute Gasteiger partial charge is 0.167 e. The van der Waals surface area contributed by atoms with Crippen LogP contribution in [0.25, 0.3) is 0 Å². The lowest BCUT2D eigenvalue weighted by Crippen LogP contribution is -2.53. The average Bonchev–Trinajstić information content (AvgIpc) is 2.51. The molecule has 2 aliphatic carbocycles. The highest BCUT2D eigenvalue weighted by Gasteiger charge is 2.55. The Hall–Kier alpha value is -1.96. The number of ketones is 1. The Morgan fingerprint density at radius 1 is 1.29 bits per heavy atom. The first-order valence-corrected chi connectivity index (χ1v) is 7.69. The zero-order valence-corrected chi connectivity index (χ0v) is 12.3. The first-order chi connectivity index (χ1) is 10.2. The van der Waals surface area contributed by atoms with Crippen LogP contribution in [0.4, 0.5) is 0 Å². The molecule has 0 fully saturated rings. The molecule has 0 saturated heterocycles. The predicted octanol–water partition coefficient (Wildman–Crippen LogP) is 3.83. The van der Waals surface area contributed by atoms with Gasteiger partial charge in [-0.2, -0.15) is 0 Å². The number of hydrogen-bond acceptors (Lipinski definition) is 2. The molecule has 1 aromatic rings. The van der Waals surface area contributed by atoms with Crippen LogP contribution in [0.2, 0.25) is 0 Å². The van der Waals surface area contributed by atoms with Crippen molar-refractivity contribution in [3.8, 4) is 0 Å². The first-order valence-electron chi connectivity index (χ1n) is 7.69. The summed E-state index contributed by atoms with van der Waals surface area (Å²) in [5.74, 6) is 0.692. The van der Waals surface area contributed by atoms with Crippen molar-refractivity contribution >= 4 is 11.5 Å². The maximum Gasteiger partial charge on any atom is 0.167 e. The van der Waals surface area contributed by atoms with Gasteiger partial charge in [0, 0.05) is 34.7 Å². The van der Waals surface area contributed by atoms with E-state index in [9.17, 15) is 4.79 Å². The third-order valence-corrected chi connectivity index (χ3v) is 5.64. The number of hydrogen-bond donors (Lipinski definition) is 0. The van der Waals surface area contributed by atoms with E-state index in [0.717, 1.165) is 36.2 Å². The second-order valence-corrected chi connectivity index (χ2v) is 6.46. The number of allylic oxidation sites excluding steroid dienone is 3. The molecule has 3 aliphatic rings. The van der Waals surface area contributed by atoms with Gasteiger partial charge < -0.3 is 0 Å². The van der Waals surface area contributed by atoms with Gasteiger partial charge in [0.05, 0.1) is 0 Å². The molecule has 0 spiro atoms. The van der Waals surface area contributed by atoms with Crippen molar-refractivity contribution < 1.29 is 4.79 Å². The molecule has 0 radical (unpaired) electrons. The van der Waals surface area contributed by atoms with E-state index >= 15 is 0 Å². The van der Waals surface area contributed by atoms with E-state index in [4.69, 9.17) is 4.99 Å². The van der Waals surface area contributed by atoms with Crippen LogP contribution in [0.5, 0.6) is 0 Å². The van der Waals surface area contributed by atoms with Crippen LogP contribution >= 0.6 is 0 Å². The second-order valence-electron chi connectivity index (χ2n) is 6.46. The van der Waals surface area contributed by atoms with Gasteiger partial charge in [0.15, 0.2) is 5.78 Å². The van der Waals surface area contributed by atoms with Gasteiger partial charge in [-0.05, 0) is 24.3 Å². The second kappa shape index (κ2) is 4.27. The summed E-state index contributed by atoms with van der Waals surface area (Å²) >= 11 is 0. The van der Waals surface area contributed by atoms with Crippen molar-refractivity contribution in [3.05, 3.63) is 59.7 Å². The molecule has 1 aromatic carbocycles. The average molecular weight is 277 g/mol. The molecule has 0 bridgehead atoms. The maximum atomic E-state index is 13.0. The minimum atomic E-state index is -0.165. The quantitative estimate of drug-likeness (QED) is 0.767. The van der Waals surface area contributed by atoms with E-state index in [1.165, 1.54) is 5.57 Å². The van der Waals surface area contributed by atoms with Crippen molar-refractivity contribution in [3.63, 3.8) is 0 Å². The molecule has 0 unspecified atom stereocenters. The van der Waals surface area contributed by atoms with Crippen molar-refractivity contribution in [1.29, 1.82) is 0 Å². The third kappa shape index (κ3) is 1.48. The van der Waals surface area contributed by atoms with Crippen LogP contribution in [0.3, 0.4) is 0 Å². The molecule has 4 rings (SSSR count). The van der Waals surface area contributed by atoms with Gasteiger partial charge in [-0.1, -0.05) is 49.9 Å². The highest BCUT2D eigenvalue weighted by molar-refractivity contribution is 6.20. The molecular formula is C19H19NO. The van der Waals surface area contributed by atoms with E-state index in [1.54, 1.807) is 0 Å². The summed E-state index contributed by atoms with van der Waals surface area (Å²) in [5, 5.41) is 0. The normalized spacial score (nSPS) is 33.5. The van der Waals surface area contributed by atoms with E-state index < -0.39 is 0 Å². The number of rotatable bonds is 1. The van der Waals surface area contributed by atoms with Gasteiger partial charge in [-0.3, -0.25) is 9.79 Å². The summed E-state index contributed by atoms with van der Waals surface area (Å²) in [6.45, 7) is 7.05. The molecule has 21 heavy (non-hydrogen) atoms. The lowest BCUT2D eigenvalue weighted by atomic mass is 9.51. The Morgan fingerprint density at radius 3 is 2.81 bits per heavy atom. The number of Topliss-reactive ketones (excluding diaryl/α,β-unsaturated/α-hetero) is 1. The van der Waals surface area contributed by atoms with Crippen LogP contribution in [0, 0.1) is 17.3 Å². The van der Waals surface area contributed by atoms with Gasteiger partial charge in [0.2, 0.25) is 0 Å². The Kier molecular flexibility index (Phi) is 2.59. The molecule has 106 valence electrons. The van der Waals surface area contributed by atoms with Gasteiger partial charge in [0.25, 0.3) is 0 Å². The fourth-order valence-corrected chi connectivity index (χ4v) is 4.57. The minimum Gasteiger partial charge on any atom is -0.294 e. The minimum absolute atomic E-state index is 0.0279. The lowest BCUT2D eigenvalue weighted by molar-refractivity contribution is 0.0755. The van der Waals surface area contributed by atoms with Gasteiger partial charge in [-0.25, -0.2) is 0 Å². The van der Waals surface area contributed by atoms with Crippen LogP contribution in [-0.4, -0.2) is 18.0 Å². The summed E-state index contributed by atoms with van der Waals surface area (Å²) < 4.78 is 0. The summed E-state index contributed by atoms with van der Waals surface area (Å²) in [5.41, 5.74) is 4.19. The molecule has 0 amide bonds. The maximum absolute atomic E-state index is 13.0. The number of benzene rings is 1. The van der Waals surface area contributed by atoms with E-state index in [2.05, 4.69) is 25.6 Å². The fourth-order valence-electron chi connectivity index (χ4n) is 4.57. The predicted molar refractivity (Wildman–Crippen MR) is 84.8 cm³/mol. The van der Waals surface area contributed by atoms with Gasteiger partial charge >= 0.3 is 0 Å². The van der Waals surface area contributed by atoms with Crippen molar-refractivity contribution in [1.82, 2.24) is 0 Å². The molecule has 3 atom stereocenters. The largest absolute Gasteiger partial charge is 0.294 e. The van der Waals surface area contributed by atoms with Crippen molar-refractivity contribution in [2.75, 3.05) is 6.54 Å². The molecule has 0 saturated carbocycles. The number of nitrogens with zero attached hydrogens (tertiary/aromatic N) is 1. The zero-order chi connectivity index (χ0) is 14.6. The third-order valence-electron chi connectivity index (χ3n) is 5.64. The van der Waals surface area contributed by atoms with E-state index in [1.807, 2.05) is 24.3 Å². The summed E-state index contributed by atoms with van der Waals surface area (Å²) in [4.78, 5) is 17.8. The van der Waals surface area contributed by atoms with Crippen LogP contribution in [0.15, 0.2) is 53.6 Å². The van der Waals surface area contributed by atoms with Crippen LogP contribution in [-0.2, 0) is 0 Å². The lowest BCUT2D eigenvalue weighted by Gasteiger charge is -2.51. The number of carbonyl (C=O) groups is 1. The highest BCUT2D eigenvalue weighted by Crippen LogP contribution is 2.54. The number of aliphatic imine (C=N–C) groups is 1. The summed E-state index contributed by atoms with van der Waals surface area (Å²) in [6, 6.07) is 7.97. The van der Waals surface area contributed by atoms with Crippen LogP contribution < -0.4 is 0 Å². The van der Waals surface area contributed by atoms with Gasteiger partial charge in [-0.15, -0.1) is 0 Å². The first kappa shape index (κ1) is 12.8. The van der Waals surface area contributed by atoms with E-state index in [0.29, 0.717) is 11.7 Å². The molecule has 0 aromatic heterocycles. The summed E-state index contributed by atoms with van der Waals surface area (Å²) in [7, 11) is 0. The molecule has 1 aliphatic heterocycles. The van der Waals surface area contributed by atoms with Gasteiger partial charge in [0.1, 0.15) is 0 Å². The topological polar surface area (TPSA) is 29.4 Å². The SMILES string of the molecule is C=CC1=CC[C@@H]2C(=O)c3ccccc3C3=NCC[C@H]1[C@@]32C. The molecule has 2 heteroatoms. The highest BCUT2D eigenvalue weighted by atomic mass is 16.1. The van der Waals surface area contributed by atoms with Crippen molar-refractivity contribution in [2.24, 2.45) is 22.2 Å². The Balaban J connectivity index is 2.00. The number of fused-ring (bicyclic) bond motifs is 2. The molecular weight excluding hydrogens is 258 g/mol. The Morgan fingerprint density at radius 2 is 2.05 bits per heavy atom.